The van der Waals surface area contributed by atoms with Crippen molar-refractivity contribution in [2.75, 3.05) is 0 Å². The summed E-state index contributed by atoms with van der Waals surface area (Å²) in [4.78, 5) is 12.5. The predicted octanol–water partition coefficient (Wildman–Crippen LogP) is 3.91. The maximum atomic E-state index is 14.0. The van der Waals surface area contributed by atoms with E-state index in [1.807, 2.05) is 13.8 Å². The molecule has 0 saturated carbocycles. The Bertz CT molecular complexity index is 634. The average Bonchev–Trinajstić information content (AvgIpc) is 2.74. The number of aromatic nitrogens is 2. The molecule has 0 amide bonds. The summed E-state index contributed by atoms with van der Waals surface area (Å²) < 4.78 is 16.2. The normalized spacial score (nSPS) is 11.1. The van der Waals surface area contributed by atoms with Crippen LogP contribution in [0.5, 0.6) is 0 Å². The number of ketones is 1. The Morgan fingerprint density at radius 3 is 2.74 bits per heavy atom. The standard InChI is InChI=1S/C14H14BrFN2O/c1-8(2)18-13(11(15)7-17-18)14(19)10-6-4-5-9(3)12(10)16/h4-8H,1-3H3. The SMILES string of the molecule is Cc1cccc(C(=O)c2c(Br)cnn2C(C)C)c1F. The molecule has 0 bridgehead atoms. The van der Waals surface area contributed by atoms with Crippen molar-refractivity contribution in [3.8, 4) is 0 Å². The van der Waals surface area contributed by atoms with E-state index in [0.29, 0.717) is 15.7 Å². The van der Waals surface area contributed by atoms with E-state index >= 15 is 0 Å². The van der Waals surface area contributed by atoms with Crippen LogP contribution in [0.1, 0.15) is 41.5 Å². The van der Waals surface area contributed by atoms with Crippen molar-refractivity contribution in [2.45, 2.75) is 26.8 Å². The minimum Gasteiger partial charge on any atom is -0.287 e. The fraction of sp³-hybridized carbons (Fsp3) is 0.286. The Labute approximate surface area is 119 Å². The first-order chi connectivity index (χ1) is 8.93. The largest absolute Gasteiger partial charge is 0.287 e. The molecule has 0 aliphatic carbocycles. The van der Waals surface area contributed by atoms with Gasteiger partial charge in [0.2, 0.25) is 5.78 Å². The lowest BCUT2D eigenvalue weighted by molar-refractivity contribution is 0.102. The predicted molar refractivity (Wildman–Crippen MR) is 74.9 cm³/mol. The van der Waals surface area contributed by atoms with Gasteiger partial charge >= 0.3 is 0 Å². The number of benzene rings is 1. The van der Waals surface area contributed by atoms with Gasteiger partial charge in [0.15, 0.2) is 0 Å². The Balaban J connectivity index is 2.56. The third-order valence-corrected chi connectivity index (χ3v) is 3.47. The first kappa shape index (κ1) is 13.9. The average molecular weight is 325 g/mol. The van der Waals surface area contributed by atoms with Crippen LogP contribution in [0, 0.1) is 12.7 Å². The van der Waals surface area contributed by atoms with Gasteiger partial charge in [-0.15, -0.1) is 0 Å². The van der Waals surface area contributed by atoms with Crippen molar-refractivity contribution in [1.29, 1.82) is 0 Å². The second-order valence-corrected chi connectivity index (χ2v) is 5.50. The Kier molecular flexibility index (Phi) is 3.85. The van der Waals surface area contributed by atoms with Gasteiger partial charge in [0, 0.05) is 6.04 Å². The molecule has 1 aromatic heterocycles. The fourth-order valence-electron chi connectivity index (χ4n) is 1.90. The molecule has 5 heteroatoms. The number of hydrogen-bond acceptors (Lipinski definition) is 2. The lowest BCUT2D eigenvalue weighted by Crippen LogP contribution is -2.15. The van der Waals surface area contributed by atoms with E-state index in [2.05, 4.69) is 21.0 Å². The third kappa shape index (κ3) is 2.47. The molecule has 1 heterocycles. The molecule has 0 fully saturated rings. The van der Waals surface area contributed by atoms with Crippen LogP contribution in [0.25, 0.3) is 0 Å². The van der Waals surface area contributed by atoms with E-state index in [1.165, 1.54) is 6.07 Å². The van der Waals surface area contributed by atoms with Gasteiger partial charge < -0.3 is 0 Å². The van der Waals surface area contributed by atoms with Crippen molar-refractivity contribution in [2.24, 2.45) is 0 Å². The lowest BCUT2D eigenvalue weighted by atomic mass is 10.0. The van der Waals surface area contributed by atoms with E-state index in [-0.39, 0.29) is 17.4 Å². The van der Waals surface area contributed by atoms with Crippen LogP contribution in [0.2, 0.25) is 0 Å². The topological polar surface area (TPSA) is 34.9 Å². The van der Waals surface area contributed by atoms with Crippen LogP contribution in [-0.4, -0.2) is 15.6 Å². The Morgan fingerprint density at radius 2 is 2.11 bits per heavy atom. The molecule has 0 spiro atoms. The second-order valence-electron chi connectivity index (χ2n) is 4.65. The van der Waals surface area contributed by atoms with Gasteiger partial charge in [0.05, 0.1) is 16.2 Å². The second kappa shape index (κ2) is 5.25. The number of nitrogens with zero attached hydrogens (tertiary/aromatic N) is 2. The van der Waals surface area contributed by atoms with Crippen molar-refractivity contribution < 1.29 is 9.18 Å². The van der Waals surface area contributed by atoms with Crippen LogP contribution < -0.4 is 0 Å². The summed E-state index contributed by atoms with van der Waals surface area (Å²) in [5.41, 5.74) is 0.903. The van der Waals surface area contributed by atoms with Crippen molar-refractivity contribution in [3.63, 3.8) is 0 Å². The molecule has 0 N–H and O–H groups in total. The summed E-state index contributed by atoms with van der Waals surface area (Å²) in [6.45, 7) is 5.48. The minimum atomic E-state index is -0.476. The fourth-order valence-corrected chi connectivity index (χ4v) is 2.35. The van der Waals surface area contributed by atoms with Crippen molar-refractivity contribution in [3.05, 3.63) is 51.5 Å². The summed E-state index contributed by atoms with van der Waals surface area (Å²) in [5, 5.41) is 4.14. The smallest absolute Gasteiger partial charge is 0.215 e. The summed E-state index contributed by atoms with van der Waals surface area (Å²) in [6, 6.07) is 4.84. The van der Waals surface area contributed by atoms with E-state index in [0.717, 1.165) is 0 Å². The molecular formula is C14H14BrFN2O. The van der Waals surface area contributed by atoms with E-state index in [4.69, 9.17) is 0 Å². The van der Waals surface area contributed by atoms with Gasteiger partial charge in [-0.3, -0.25) is 9.48 Å². The number of hydrogen-bond donors (Lipinski definition) is 0. The summed E-state index contributed by atoms with van der Waals surface area (Å²) in [5.74, 6) is -0.838. The highest BCUT2D eigenvalue weighted by atomic mass is 79.9. The molecule has 3 nitrogen and oxygen atoms in total. The quantitative estimate of drug-likeness (QED) is 0.802. The third-order valence-electron chi connectivity index (χ3n) is 2.89. The molecule has 100 valence electrons. The van der Waals surface area contributed by atoms with Gasteiger partial charge in [-0.25, -0.2) is 4.39 Å². The molecule has 0 aliphatic rings. The zero-order valence-corrected chi connectivity index (χ0v) is 12.5. The van der Waals surface area contributed by atoms with Crippen LogP contribution in [0.15, 0.2) is 28.9 Å². The highest BCUT2D eigenvalue weighted by Crippen LogP contribution is 2.24. The molecule has 0 saturated heterocycles. The molecule has 2 rings (SSSR count). The van der Waals surface area contributed by atoms with Crippen molar-refractivity contribution in [1.82, 2.24) is 9.78 Å². The van der Waals surface area contributed by atoms with Crippen LogP contribution in [-0.2, 0) is 0 Å². The van der Waals surface area contributed by atoms with Crippen LogP contribution in [0.3, 0.4) is 0 Å². The summed E-state index contributed by atoms with van der Waals surface area (Å²) >= 11 is 3.30. The first-order valence-electron chi connectivity index (χ1n) is 5.96. The van der Waals surface area contributed by atoms with Crippen LogP contribution >= 0.6 is 15.9 Å². The van der Waals surface area contributed by atoms with Gasteiger partial charge in [0.1, 0.15) is 11.5 Å². The molecule has 0 radical (unpaired) electrons. The van der Waals surface area contributed by atoms with E-state index in [9.17, 15) is 9.18 Å². The van der Waals surface area contributed by atoms with Gasteiger partial charge in [-0.1, -0.05) is 12.1 Å². The maximum Gasteiger partial charge on any atom is 0.215 e. The summed E-state index contributed by atoms with van der Waals surface area (Å²) in [7, 11) is 0. The van der Waals surface area contributed by atoms with Crippen LogP contribution in [0.4, 0.5) is 4.39 Å². The van der Waals surface area contributed by atoms with Gasteiger partial charge in [0.25, 0.3) is 0 Å². The monoisotopic (exact) mass is 324 g/mol. The molecule has 0 aliphatic heterocycles. The minimum absolute atomic E-state index is 0.0260. The number of rotatable bonds is 3. The molecule has 19 heavy (non-hydrogen) atoms. The maximum absolute atomic E-state index is 14.0. The number of carbonyl (C=O) groups is 1. The molecular weight excluding hydrogens is 311 g/mol. The zero-order chi connectivity index (χ0) is 14.2. The molecule has 1 aromatic carbocycles. The number of halogens is 2. The number of aryl methyl sites for hydroxylation is 1. The zero-order valence-electron chi connectivity index (χ0n) is 10.9. The van der Waals surface area contributed by atoms with Gasteiger partial charge in [-0.05, 0) is 48.3 Å². The number of carbonyl (C=O) groups excluding carboxylic acids is 1. The lowest BCUT2D eigenvalue weighted by Gasteiger charge is -2.11. The molecule has 0 atom stereocenters. The summed E-state index contributed by atoms with van der Waals surface area (Å²) in [6.07, 6.45) is 1.56. The Hall–Kier alpha value is -1.49. The highest BCUT2D eigenvalue weighted by Gasteiger charge is 2.23. The van der Waals surface area contributed by atoms with Crippen molar-refractivity contribution >= 4 is 21.7 Å². The Morgan fingerprint density at radius 1 is 1.42 bits per heavy atom. The highest BCUT2D eigenvalue weighted by molar-refractivity contribution is 9.10. The first-order valence-corrected chi connectivity index (χ1v) is 6.75. The van der Waals surface area contributed by atoms with E-state index in [1.54, 1.807) is 29.9 Å². The molecule has 0 unspecified atom stereocenters. The van der Waals surface area contributed by atoms with E-state index < -0.39 is 5.82 Å². The molecule has 2 aromatic rings. The van der Waals surface area contributed by atoms with Gasteiger partial charge in [-0.2, -0.15) is 5.10 Å².